The first-order chi connectivity index (χ1) is 13.7. The van der Waals surface area contributed by atoms with Crippen LogP contribution >= 0.6 is 0 Å². The molecular formula is C20H19F3N2O4. The molecule has 0 radical (unpaired) electrons. The molecule has 0 aliphatic heterocycles. The molecule has 29 heavy (non-hydrogen) atoms. The van der Waals surface area contributed by atoms with Crippen molar-refractivity contribution in [2.24, 2.45) is 0 Å². The van der Waals surface area contributed by atoms with E-state index in [1.54, 1.807) is 12.1 Å². The lowest BCUT2D eigenvalue weighted by Crippen LogP contribution is -2.40. The number of halogens is 3. The fourth-order valence-electron chi connectivity index (χ4n) is 2.38. The van der Waals surface area contributed by atoms with E-state index in [1.807, 2.05) is 24.4 Å². The molecule has 1 unspecified atom stereocenters. The number of ether oxygens (including phenoxy) is 1. The highest BCUT2D eigenvalue weighted by atomic mass is 19.2. The molecule has 0 bridgehead atoms. The van der Waals surface area contributed by atoms with Gasteiger partial charge in [-0.1, -0.05) is 24.3 Å². The molecule has 0 heterocycles. The Morgan fingerprint density at radius 1 is 1.03 bits per heavy atom. The van der Waals surface area contributed by atoms with Crippen LogP contribution in [-0.4, -0.2) is 30.4 Å². The first-order valence-electron chi connectivity index (χ1n) is 8.64. The number of carbonyl (C=O) groups excluding carboxylic acids is 3. The van der Waals surface area contributed by atoms with Crippen molar-refractivity contribution in [1.82, 2.24) is 5.32 Å². The average molecular weight is 408 g/mol. The number of benzene rings is 2. The van der Waals surface area contributed by atoms with Crippen molar-refractivity contribution in [1.29, 1.82) is 0 Å². The molecule has 1 atom stereocenters. The van der Waals surface area contributed by atoms with Gasteiger partial charge in [-0.15, -0.1) is 0 Å². The molecular weight excluding hydrogens is 389 g/mol. The highest BCUT2D eigenvalue weighted by Crippen LogP contribution is 2.19. The second-order valence-electron chi connectivity index (χ2n) is 6.22. The first kappa shape index (κ1) is 21.9. The number of aryl methyl sites for hydroxylation is 1. The number of esters is 1. The fraction of sp³-hybridized carbons (Fsp3) is 0.250. The number of hydrogen-bond acceptors (Lipinski definition) is 4. The van der Waals surface area contributed by atoms with Gasteiger partial charge in [0.1, 0.15) is 0 Å². The van der Waals surface area contributed by atoms with Crippen LogP contribution in [0.15, 0.2) is 36.4 Å². The van der Waals surface area contributed by atoms with Crippen molar-refractivity contribution in [2.45, 2.75) is 26.4 Å². The summed E-state index contributed by atoms with van der Waals surface area (Å²) >= 11 is 0. The van der Waals surface area contributed by atoms with Gasteiger partial charge in [0.05, 0.1) is 18.7 Å². The molecule has 0 aliphatic rings. The SMILES string of the molecule is Cc1ccccc1CC(=O)OC(C)C(=O)NCC(=O)Nc1ccc(F)c(F)c1F. The maximum atomic E-state index is 13.5. The molecule has 9 heteroatoms. The summed E-state index contributed by atoms with van der Waals surface area (Å²) in [7, 11) is 0. The van der Waals surface area contributed by atoms with Crippen LogP contribution in [0.4, 0.5) is 18.9 Å². The van der Waals surface area contributed by atoms with Crippen LogP contribution in [0.1, 0.15) is 18.1 Å². The molecule has 0 spiro atoms. The van der Waals surface area contributed by atoms with Crippen molar-refractivity contribution in [3.63, 3.8) is 0 Å². The number of anilines is 1. The van der Waals surface area contributed by atoms with Gasteiger partial charge in [0, 0.05) is 0 Å². The number of carbonyl (C=O) groups is 3. The maximum absolute atomic E-state index is 13.5. The minimum absolute atomic E-state index is 0.0137. The van der Waals surface area contributed by atoms with E-state index in [9.17, 15) is 27.6 Å². The Kier molecular flexibility index (Phi) is 7.35. The second kappa shape index (κ2) is 9.72. The third kappa shape index (κ3) is 6.06. The topological polar surface area (TPSA) is 84.5 Å². The van der Waals surface area contributed by atoms with E-state index in [-0.39, 0.29) is 6.42 Å². The van der Waals surface area contributed by atoms with E-state index in [2.05, 4.69) is 5.32 Å². The molecule has 0 aliphatic carbocycles. The standard InChI is InChI=1S/C20H19F3N2O4/c1-11-5-3-4-6-13(11)9-17(27)29-12(2)20(28)24-10-16(26)25-15-8-7-14(21)18(22)19(15)23/h3-8,12H,9-10H2,1-2H3,(H,24,28)(H,25,26). The summed E-state index contributed by atoms with van der Waals surface area (Å²) in [5.41, 5.74) is 1.10. The lowest BCUT2D eigenvalue weighted by atomic mass is 10.1. The molecule has 0 saturated carbocycles. The van der Waals surface area contributed by atoms with Crippen LogP contribution in [0, 0.1) is 24.4 Å². The molecule has 2 rings (SSSR count). The Hall–Kier alpha value is -3.36. The van der Waals surface area contributed by atoms with Crippen molar-refractivity contribution in [3.05, 3.63) is 65.0 Å². The van der Waals surface area contributed by atoms with Crippen LogP contribution in [-0.2, 0) is 25.5 Å². The molecule has 2 amide bonds. The number of amides is 2. The van der Waals surface area contributed by atoms with Gasteiger partial charge in [-0.05, 0) is 37.1 Å². The lowest BCUT2D eigenvalue weighted by molar-refractivity contribution is -0.154. The zero-order valence-corrected chi connectivity index (χ0v) is 15.7. The molecule has 2 aromatic carbocycles. The lowest BCUT2D eigenvalue weighted by Gasteiger charge is -2.14. The summed E-state index contributed by atoms with van der Waals surface area (Å²) in [6, 6.07) is 8.72. The monoisotopic (exact) mass is 408 g/mol. The first-order valence-corrected chi connectivity index (χ1v) is 8.64. The van der Waals surface area contributed by atoms with Gasteiger partial charge in [0.2, 0.25) is 5.91 Å². The van der Waals surface area contributed by atoms with E-state index in [0.29, 0.717) is 6.07 Å². The Morgan fingerprint density at radius 2 is 1.72 bits per heavy atom. The normalized spacial score (nSPS) is 11.5. The quantitative estimate of drug-likeness (QED) is 0.545. The van der Waals surface area contributed by atoms with E-state index in [4.69, 9.17) is 4.74 Å². The summed E-state index contributed by atoms with van der Waals surface area (Å²) in [5.74, 6) is -6.90. The molecule has 154 valence electrons. The molecule has 2 aromatic rings. The third-order valence-corrected chi connectivity index (χ3v) is 4.01. The van der Waals surface area contributed by atoms with Crippen LogP contribution in [0.2, 0.25) is 0 Å². The Bertz CT molecular complexity index is 934. The predicted molar refractivity (Wildman–Crippen MR) is 98.4 cm³/mol. The van der Waals surface area contributed by atoms with Gasteiger partial charge < -0.3 is 15.4 Å². The van der Waals surface area contributed by atoms with Crippen molar-refractivity contribution in [3.8, 4) is 0 Å². The van der Waals surface area contributed by atoms with E-state index < -0.39 is 53.6 Å². The second-order valence-corrected chi connectivity index (χ2v) is 6.22. The number of nitrogens with one attached hydrogen (secondary N) is 2. The fourth-order valence-corrected chi connectivity index (χ4v) is 2.38. The summed E-state index contributed by atoms with van der Waals surface area (Å²) in [4.78, 5) is 35.7. The van der Waals surface area contributed by atoms with Crippen molar-refractivity contribution >= 4 is 23.5 Å². The highest BCUT2D eigenvalue weighted by Gasteiger charge is 2.20. The molecule has 6 nitrogen and oxygen atoms in total. The minimum atomic E-state index is -1.72. The van der Waals surface area contributed by atoms with Gasteiger partial charge in [-0.2, -0.15) is 0 Å². The van der Waals surface area contributed by atoms with E-state index in [0.717, 1.165) is 17.2 Å². The van der Waals surface area contributed by atoms with Gasteiger partial charge in [0.15, 0.2) is 23.6 Å². The zero-order chi connectivity index (χ0) is 21.6. The highest BCUT2D eigenvalue weighted by molar-refractivity contribution is 5.95. The Balaban J connectivity index is 1.82. The zero-order valence-electron chi connectivity index (χ0n) is 15.7. The van der Waals surface area contributed by atoms with Gasteiger partial charge >= 0.3 is 5.97 Å². The van der Waals surface area contributed by atoms with Crippen LogP contribution in [0.25, 0.3) is 0 Å². The Labute approximate surface area is 165 Å². The van der Waals surface area contributed by atoms with Gasteiger partial charge in [-0.3, -0.25) is 14.4 Å². The molecule has 2 N–H and O–H groups in total. The largest absolute Gasteiger partial charge is 0.452 e. The predicted octanol–water partition coefficient (Wildman–Crippen LogP) is 2.64. The summed E-state index contributed by atoms with van der Waals surface area (Å²) in [5, 5.41) is 4.22. The van der Waals surface area contributed by atoms with Crippen molar-refractivity contribution < 1.29 is 32.3 Å². The smallest absolute Gasteiger partial charge is 0.311 e. The molecule has 0 saturated heterocycles. The molecule has 0 fully saturated rings. The van der Waals surface area contributed by atoms with Crippen LogP contribution < -0.4 is 10.6 Å². The van der Waals surface area contributed by atoms with Crippen molar-refractivity contribution in [2.75, 3.05) is 11.9 Å². The Morgan fingerprint density at radius 3 is 2.41 bits per heavy atom. The van der Waals surface area contributed by atoms with Gasteiger partial charge in [0.25, 0.3) is 5.91 Å². The third-order valence-electron chi connectivity index (χ3n) is 4.01. The van der Waals surface area contributed by atoms with E-state index in [1.165, 1.54) is 6.92 Å². The summed E-state index contributed by atoms with van der Waals surface area (Å²) in [6.07, 6.45) is -1.18. The maximum Gasteiger partial charge on any atom is 0.311 e. The van der Waals surface area contributed by atoms with Crippen LogP contribution in [0.5, 0.6) is 0 Å². The molecule has 0 aromatic heterocycles. The summed E-state index contributed by atoms with van der Waals surface area (Å²) in [6.45, 7) is 2.59. The van der Waals surface area contributed by atoms with Gasteiger partial charge in [-0.25, -0.2) is 13.2 Å². The summed E-state index contributed by atoms with van der Waals surface area (Å²) < 4.78 is 44.6. The van der Waals surface area contributed by atoms with E-state index >= 15 is 0 Å². The number of rotatable bonds is 7. The van der Waals surface area contributed by atoms with Crippen LogP contribution in [0.3, 0.4) is 0 Å². The minimum Gasteiger partial charge on any atom is -0.452 e. The average Bonchev–Trinajstić information content (AvgIpc) is 2.68. The number of hydrogen-bond donors (Lipinski definition) is 2.